The van der Waals surface area contributed by atoms with Crippen LogP contribution in [0.15, 0.2) is 36.1 Å². The van der Waals surface area contributed by atoms with Gasteiger partial charge in [0.05, 0.1) is 0 Å². The average Bonchev–Trinajstić information content (AvgIpc) is 2.67. The molecule has 0 bridgehead atoms. The molecule has 0 spiro atoms. The molecule has 1 heterocycles. The topological polar surface area (TPSA) is 20.2 Å². The minimum absolute atomic E-state index is 0.621. The SMILES string of the molecule is [2H]O[Si]1(c2c(C([Si](C)(C)C)[Si](C)(C)C)cc(C([Si](C)(C)C)[Si](C)(C)C)cc2C([Si](C)(C)C)[Si](C)(C)C)C=CC=CC1. The van der Waals surface area contributed by atoms with Gasteiger partial charge in [0.15, 0.2) is 1.43 Å². The third-order valence-electron chi connectivity index (χ3n) is 8.83. The quantitative estimate of drug-likeness (QED) is 0.234. The van der Waals surface area contributed by atoms with Gasteiger partial charge in [-0.1, -0.05) is 154 Å². The molecule has 1 atom stereocenters. The molecule has 0 aromatic heterocycles. The second-order valence-electron chi connectivity index (χ2n) is 19.5. The highest BCUT2D eigenvalue weighted by Gasteiger charge is 2.49. The van der Waals surface area contributed by atoms with Crippen LogP contribution >= 0.6 is 0 Å². The molecular weight excluding hydrogens is 597 g/mol. The van der Waals surface area contributed by atoms with Crippen molar-refractivity contribution in [2.24, 2.45) is 0 Å². The molecule has 1 aliphatic rings. The van der Waals surface area contributed by atoms with Crippen LogP contribution in [0.2, 0.25) is 124 Å². The van der Waals surface area contributed by atoms with E-state index in [-0.39, 0.29) is 0 Å². The largest absolute Gasteiger partial charge is 0.424 e. The number of hydrogen-bond acceptors (Lipinski definition) is 1. The van der Waals surface area contributed by atoms with E-state index in [1.165, 1.54) is 5.19 Å². The summed E-state index contributed by atoms with van der Waals surface area (Å²) in [7, 11) is -12.3. The molecule has 0 radical (unpaired) electrons. The monoisotopic (exact) mass is 663 g/mol. The second kappa shape index (κ2) is 11.6. The maximum Gasteiger partial charge on any atom is 0.249 e. The van der Waals surface area contributed by atoms with Crippen LogP contribution in [0, 0.1) is 0 Å². The van der Waals surface area contributed by atoms with Crippen molar-refractivity contribution in [1.82, 2.24) is 0 Å². The predicted molar refractivity (Wildman–Crippen MR) is 205 cm³/mol. The molecule has 0 aliphatic carbocycles. The van der Waals surface area contributed by atoms with E-state index in [9.17, 15) is 0 Å². The molecule has 0 saturated carbocycles. The molecule has 8 heteroatoms. The Morgan fingerprint density at radius 1 is 0.575 bits per heavy atom. The Labute approximate surface area is 259 Å². The van der Waals surface area contributed by atoms with Crippen LogP contribution < -0.4 is 5.19 Å². The molecule has 0 fully saturated rings. The Hall–Kier alpha value is 0.178. The Balaban J connectivity index is 3.41. The first-order chi connectivity index (χ1) is 18.1. The summed E-state index contributed by atoms with van der Waals surface area (Å²) >= 11 is 0. The first-order valence-corrected chi connectivity index (χ1v) is 39.4. The van der Waals surface area contributed by atoms with Crippen LogP contribution in [0.25, 0.3) is 0 Å². The summed E-state index contributed by atoms with van der Waals surface area (Å²) in [5.41, 5.74) is 7.30. The zero-order chi connectivity index (χ0) is 32.2. The van der Waals surface area contributed by atoms with Crippen molar-refractivity contribution in [1.29, 1.82) is 1.43 Å². The molecule has 1 aromatic rings. The van der Waals surface area contributed by atoms with Crippen LogP contribution in [0.3, 0.4) is 0 Å². The van der Waals surface area contributed by atoms with E-state index in [4.69, 9.17) is 6.23 Å². The summed E-state index contributed by atoms with van der Waals surface area (Å²) < 4.78 is 8.75. The number of benzene rings is 1. The summed E-state index contributed by atoms with van der Waals surface area (Å²) in [6.45, 7) is 47.0. The van der Waals surface area contributed by atoms with Gasteiger partial charge in [0, 0.05) is 48.4 Å². The molecule has 0 saturated heterocycles. The lowest BCUT2D eigenvalue weighted by molar-refractivity contribution is 0.567. The molecule has 1 nitrogen and oxygen atoms in total. The van der Waals surface area contributed by atoms with Gasteiger partial charge < -0.3 is 4.80 Å². The fourth-order valence-corrected chi connectivity index (χ4v) is 50.9. The van der Waals surface area contributed by atoms with Gasteiger partial charge in [0.2, 0.25) is 8.32 Å². The van der Waals surface area contributed by atoms with Crippen LogP contribution in [0.5, 0.6) is 0 Å². The normalized spacial score (nSPS) is 20.2. The third kappa shape index (κ3) is 8.21. The van der Waals surface area contributed by atoms with Crippen molar-refractivity contribution < 1.29 is 4.80 Å². The van der Waals surface area contributed by atoms with Crippen LogP contribution in [-0.4, -0.2) is 63.0 Å². The number of hydrogen-bond donors (Lipinski definition) is 1. The van der Waals surface area contributed by atoms with Gasteiger partial charge in [-0.15, -0.1) is 0 Å². The molecular formula is C32H66OSi7. The lowest BCUT2D eigenvalue weighted by Crippen LogP contribution is -2.59. The average molecular weight is 664 g/mol. The third-order valence-corrected chi connectivity index (χ3v) is 39.7. The van der Waals surface area contributed by atoms with E-state index < -0.39 is 56.8 Å². The summed E-state index contributed by atoms with van der Waals surface area (Å²) in [6.07, 6.45) is 6.67. The van der Waals surface area contributed by atoms with Gasteiger partial charge in [-0.05, 0) is 43.4 Å². The number of rotatable bonds is 11. The Kier molecular flexibility index (Phi) is 10.0. The number of allylic oxidation sites excluding steroid dienone is 3. The molecule has 0 amide bonds. The molecule has 228 valence electrons. The summed E-state index contributed by atoms with van der Waals surface area (Å²) in [5.74, 6) is 0. The fourth-order valence-electron chi connectivity index (χ4n) is 9.37. The van der Waals surface area contributed by atoms with E-state index >= 15 is 0 Å². The van der Waals surface area contributed by atoms with Gasteiger partial charge >= 0.3 is 0 Å². The highest BCUT2D eigenvalue weighted by Crippen LogP contribution is 2.45. The van der Waals surface area contributed by atoms with Crippen molar-refractivity contribution >= 4 is 61.9 Å². The lowest BCUT2D eigenvalue weighted by atomic mass is 10.1. The van der Waals surface area contributed by atoms with E-state index in [0.717, 1.165) is 6.04 Å². The van der Waals surface area contributed by atoms with E-state index in [1.54, 1.807) is 16.7 Å². The smallest absolute Gasteiger partial charge is 0.249 e. The fraction of sp³-hybridized carbons (Fsp3) is 0.688. The molecule has 2 rings (SSSR count). The van der Waals surface area contributed by atoms with Crippen molar-refractivity contribution in [3.05, 3.63) is 52.8 Å². The zero-order valence-corrected chi connectivity index (χ0v) is 36.8. The Bertz CT molecular complexity index is 1040. The van der Waals surface area contributed by atoms with Crippen LogP contribution in [-0.2, 0) is 0 Å². The molecule has 1 N–H and O–H groups in total. The van der Waals surface area contributed by atoms with Gasteiger partial charge in [0.1, 0.15) is 0 Å². The zero-order valence-electron chi connectivity index (χ0n) is 30.8. The molecule has 1 aliphatic heterocycles. The van der Waals surface area contributed by atoms with Gasteiger partial charge in [-0.25, -0.2) is 0 Å². The van der Waals surface area contributed by atoms with E-state index in [0.29, 0.717) is 15.5 Å². The second-order valence-corrected chi connectivity index (χ2v) is 56.1. The van der Waals surface area contributed by atoms with Crippen LogP contribution in [0.1, 0.15) is 32.2 Å². The maximum absolute atomic E-state index is 8.75. The van der Waals surface area contributed by atoms with Crippen LogP contribution in [0.4, 0.5) is 0 Å². The molecule has 40 heavy (non-hydrogen) atoms. The van der Waals surface area contributed by atoms with Crippen molar-refractivity contribution in [2.45, 2.75) is 139 Å². The highest BCUT2D eigenvalue weighted by atomic mass is 28.4. The molecule has 1 unspecified atom stereocenters. The Morgan fingerprint density at radius 2 is 0.925 bits per heavy atom. The first-order valence-electron chi connectivity index (χ1n) is 16.2. The Morgan fingerprint density at radius 3 is 1.18 bits per heavy atom. The lowest BCUT2D eigenvalue weighted by Gasteiger charge is -2.47. The predicted octanol–water partition coefficient (Wildman–Crippen LogP) is 10.0. The van der Waals surface area contributed by atoms with Gasteiger partial charge in [0.25, 0.3) is 0 Å². The van der Waals surface area contributed by atoms with Crippen molar-refractivity contribution in [3.8, 4) is 0 Å². The van der Waals surface area contributed by atoms with Crippen molar-refractivity contribution in [3.63, 3.8) is 0 Å². The van der Waals surface area contributed by atoms with Gasteiger partial charge in [-0.3, -0.25) is 0 Å². The van der Waals surface area contributed by atoms with E-state index in [1.807, 2.05) is 0 Å². The minimum Gasteiger partial charge on any atom is -0.424 e. The summed E-state index contributed by atoms with van der Waals surface area (Å²) in [5, 5.41) is 3.47. The summed E-state index contributed by atoms with van der Waals surface area (Å²) in [4.78, 5) is 6.16. The highest BCUT2D eigenvalue weighted by molar-refractivity contribution is 6.99. The van der Waals surface area contributed by atoms with E-state index in [2.05, 4.69) is 154 Å². The summed E-state index contributed by atoms with van der Waals surface area (Å²) in [6, 6.07) is 6.39. The molecule has 1 aromatic carbocycles. The maximum atomic E-state index is 8.75. The van der Waals surface area contributed by atoms with Gasteiger partial charge in [-0.2, -0.15) is 0 Å². The standard InChI is InChI=1S/C32H66OSi7/c1-34(2,3)30(35(4,5)6)26-24-27(31(36(7,8)9)37(10,11)12)29(40(33)22-20-19-21-23-40)28(25-26)32(38(13,14)15)39(16,17)18/h19-22,24-25,30-33H,23H2,1-18H3/i33D. The minimum atomic E-state index is -2.70. The first kappa shape index (κ1) is 34.7. The van der Waals surface area contributed by atoms with Crippen molar-refractivity contribution in [2.75, 3.05) is 0 Å².